The number of rotatable bonds is 4. The zero-order valence-corrected chi connectivity index (χ0v) is 12.0. The highest BCUT2D eigenvalue weighted by molar-refractivity contribution is 9.10. The number of halogens is 1. The van der Waals surface area contributed by atoms with Crippen molar-refractivity contribution in [3.8, 4) is 11.5 Å². The van der Waals surface area contributed by atoms with Crippen LogP contribution in [0, 0.1) is 0 Å². The van der Waals surface area contributed by atoms with E-state index in [1.54, 1.807) is 19.2 Å². The second-order valence-corrected chi connectivity index (χ2v) is 5.38. The first kappa shape index (κ1) is 13.4. The molecular weight excluding hydrogens is 296 g/mol. The van der Waals surface area contributed by atoms with Crippen LogP contribution in [0.2, 0.25) is 0 Å². The van der Waals surface area contributed by atoms with Crippen molar-refractivity contribution in [1.82, 2.24) is 0 Å². The lowest BCUT2D eigenvalue weighted by Crippen LogP contribution is -2.20. The highest BCUT2D eigenvalue weighted by Gasteiger charge is 2.19. The van der Waals surface area contributed by atoms with Crippen LogP contribution in [0.4, 0.5) is 0 Å². The standard InChI is InChI=1S/C14H17BrO3/c1-17-13-8-10(9-16)7-12(15)14(13)18-11-5-3-2-4-6-11/h7-9,11H,2-6H2,1H3. The van der Waals surface area contributed by atoms with Gasteiger partial charge in [0.25, 0.3) is 0 Å². The van der Waals surface area contributed by atoms with E-state index >= 15 is 0 Å². The van der Waals surface area contributed by atoms with Gasteiger partial charge in [-0.3, -0.25) is 4.79 Å². The fourth-order valence-electron chi connectivity index (χ4n) is 2.27. The van der Waals surface area contributed by atoms with Crippen molar-refractivity contribution in [2.24, 2.45) is 0 Å². The molecule has 2 rings (SSSR count). The van der Waals surface area contributed by atoms with Crippen LogP contribution >= 0.6 is 15.9 Å². The lowest BCUT2D eigenvalue weighted by molar-refractivity contribution is 0.112. The van der Waals surface area contributed by atoms with Gasteiger partial charge in [-0.05, 0) is 53.7 Å². The molecule has 1 aliphatic rings. The Hall–Kier alpha value is -1.03. The van der Waals surface area contributed by atoms with Crippen molar-refractivity contribution in [3.05, 3.63) is 22.2 Å². The van der Waals surface area contributed by atoms with Gasteiger partial charge < -0.3 is 9.47 Å². The first-order chi connectivity index (χ1) is 8.74. The minimum atomic E-state index is 0.256. The summed E-state index contributed by atoms with van der Waals surface area (Å²) >= 11 is 3.44. The number of aldehydes is 1. The zero-order chi connectivity index (χ0) is 13.0. The Labute approximate surface area is 116 Å². The third kappa shape index (κ3) is 3.05. The molecule has 0 unspecified atom stereocenters. The molecule has 3 nitrogen and oxygen atoms in total. The van der Waals surface area contributed by atoms with Crippen LogP contribution in [0.5, 0.6) is 11.5 Å². The van der Waals surface area contributed by atoms with Crippen molar-refractivity contribution in [3.63, 3.8) is 0 Å². The Balaban J connectivity index is 2.22. The number of ether oxygens (including phenoxy) is 2. The fraction of sp³-hybridized carbons (Fsp3) is 0.500. The fourth-order valence-corrected chi connectivity index (χ4v) is 2.83. The molecule has 0 aliphatic heterocycles. The van der Waals surface area contributed by atoms with E-state index in [9.17, 15) is 4.79 Å². The van der Waals surface area contributed by atoms with E-state index in [-0.39, 0.29) is 6.10 Å². The van der Waals surface area contributed by atoms with E-state index in [0.717, 1.165) is 23.6 Å². The van der Waals surface area contributed by atoms with E-state index in [4.69, 9.17) is 9.47 Å². The summed E-state index contributed by atoms with van der Waals surface area (Å²) in [7, 11) is 1.59. The van der Waals surface area contributed by atoms with Crippen molar-refractivity contribution < 1.29 is 14.3 Å². The van der Waals surface area contributed by atoms with Crippen LogP contribution < -0.4 is 9.47 Å². The van der Waals surface area contributed by atoms with Crippen LogP contribution in [-0.4, -0.2) is 19.5 Å². The molecule has 4 heteroatoms. The summed E-state index contributed by atoms with van der Waals surface area (Å²) in [5.41, 5.74) is 0.578. The summed E-state index contributed by atoms with van der Waals surface area (Å²) in [6, 6.07) is 3.46. The Kier molecular flexibility index (Phi) is 4.64. The van der Waals surface area contributed by atoms with Crippen molar-refractivity contribution in [1.29, 1.82) is 0 Å². The second-order valence-electron chi connectivity index (χ2n) is 4.53. The molecule has 0 spiro atoms. The van der Waals surface area contributed by atoms with Gasteiger partial charge >= 0.3 is 0 Å². The maximum absolute atomic E-state index is 10.8. The number of benzene rings is 1. The maximum atomic E-state index is 10.8. The van der Waals surface area contributed by atoms with E-state index in [1.165, 1.54) is 19.3 Å². The Morgan fingerprint density at radius 3 is 2.61 bits per heavy atom. The SMILES string of the molecule is COc1cc(C=O)cc(Br)c1OC1CCCCC1. The normalized spacial score (nSPS) is 16.3. The molecule has 18 heavy (non-hydrogen) atoms. The molecule has 1 aromatic rings. The van der Waals surface area contributed by atoms with Gasteiger partial charge in [0.1, 0.15) is 6.29 Å². The number of methoxy groups -OCH3 is 1. The molecule has 1 aliphatic carbocycles. The predicted molar refractivity (Wildman–Crippen MR) is 73.6 cm³/mol. The Morgan fingerprint density at radius 2 is 2.00 bits per heavy atom. The first-order valence-electron chi connectivity index (χ1n) is 6.24. The molecule has 0 bridgehead atoms. The summed E-state index contributed by atoms with van der Waals surface area (Å²) < 4.78 is 12.1. The van der Waals surface area contributed by atoms with Crippen LogP contribution in [0.1, 0.15) is 42.5 Å². The monoisotopic (exact) mass is 312 g/mol. The third-order valence-corrected chi connectivity index (χ3v) is 3.81. The molecule has 0 amide bonds. The van der Waals surface area contributed by atoms with Gasteiger partial charge in [-0.1, -0.05) is 6.42 Å². The second kappa shape index (κ2) is 6.23. The molecule has 0 radical (unpaired) electrons. The highest BCUT2D eigenvalue weighted by atomic mass is 79.9. The lowest BCUT2D eigenvalue weighted by atomic mass is 9.98. The Morgan fingerprint density at radius 1 is 1.28 bits per heavy atom. The van der Waals surface area contributed by atoms with Gasteiger partial charge in [0, 0.05) is 5.56 Å². The van der Waals surface area contributed by atoms with Gasteiger partial charge in [-0.25, -0.2) is 0 Å². The van der Waals surface area contributed by atoms with Gasteiger partial charge in [0.15, 0.2) is 11.5 Å². The Bertz CT molecular complexity index is 425. The summed E-state index contributed by atoms with van der Waals surface area (Å²) in [4.78, 5) is 10.8. The van der Waals surface area contributed by atoms with Crippen LogP contribution in [-0.2, 0) is 0 Å². The summed E-state index contributed by atoms with van der Waals surface area (Å²) in [5, 5.41) is 0. The average molecular weight is 313 g/mol. The molecule has 0 aromatic heterocycles. The van der Waals surface area contributed by atoms with Gasteiger partial charge in [-0.2, -0.15) is 0 Å². The van der Waals surface area contributed by atoms with E-state index in [2.05, 4.69) is 15.9 Å². The summed E-state index contributed by atoms with van der Waals surface area (Å²) in [5.74, 6) is 1.31. The lowest BCUT2D eigenvalue weighted by Gasteiger charge is -2.24. The number of hydrogen-bond donors (Lipinski definition) is 0. The molecule has 0 atom stereocenters. The van der Waals surface area contributed by atoms with Crippen molar-refractivity contribution in [2.45, 2.75) is 38.2 Å². The molecule has 98 valence electrons. The third-order valence-electron chi connectivity index (χ3n) is 3.22. The van der Waals surface area contributed by atoms with Crippen molar-refractivity contribution >= 4 is 22.2 Å². The molecular formula is C14H17BrO3. The van der Waals surface area contributed by atoms with Crippen molar-refractivity contribution in [2.75, 3.05) is 7.11 Å². The summed E-state index contributed by atoms with van der Waals surface area (Å²) in [6.07, 6.45) is 6.97. The minimum absolute atomic E-state index is 0.256. The smallest absolute Gasteiger partial charge is 0.175 e. The van der Waals surface area contributed by atoms with E-state index in [0.29, 0.717) is 17.1 Å². The number of carbonyl (C=O) groups excluding carboxylic acids is 1. The zero-order valence-electron chi connectivity index (χ0n) is 10.4. The largest absolute Gasteiger partial charge is 0.493 e. The quantitative estimate of drug-likeness (QED) is 0.789. The number of carbonyl (C=O) groups is 1. The van der Waals surface area contributed by atoms with Gasteiger partial charge in [-0.15, -0.1) is 0 Å². The molecule has 1 fully saturated rings. The van der Waals surface area contributed by atoms with E-state index in [1.807, 2.05) is 0 Å². The highest BCUT2D eigenvalue weighted by Crippen LogP contribution is 2.38. The minimum Gasteiger partial charge on any atom is -0.493 e. The van der Waals surface area contributed by atoms with Crippen LogP contribution in [0.15, 0.2) is 16.6 Å². The first-order valence-corrected chi connectivity index (χ1v) is 7.03. The maximum Gasteiger partial charge on any atom is 0.175 e. The van der Waals surface area contributed by atoms with Crippen LogP contribution in [0.3, 0.4) is 0 Å². The average Bonchev–Trinajstić information content (AvgIpc) is 2.42. The molecule has 1 saturated carbocycles. The number of hydrogen-bond acceptors (Lipinski definition) is 3. The summed E-state index contributed by atoms with van der Waals surface area (Å²) in [6.45, 7) is 0. The van der Waals surface area contributed by atoms with Gasteiger partial charge in [0.2, 0.25) is 0 Å². The topological polar surface area (TPSA) is 35.5 Å². The molecule has 0 saturated heterocycles. The van der Waals surface area contributed by atoms with Gasteiger partial charge in [0.05, 0.1) is 17.7 Å². The predicted octanol–water partition coefficient (Wildman–Crippen LogP) is 3.98. The van der Waals surface area contributed by atoms with Crippen LogP contribution in [0.25, 0.3) is 0 Å². The molecule has 1 aromatic carbocycles. The molecule has 0 heterocycles. The van der Waals surface area contributed by atoms with E-state index < -0.39 is 0 Å². The molecule has 0 N–H and O–H groups in total.